The molecule has 16 aromatic rings. The first-order valence-electron chi connectivity index (χ1n) is 45.7. The molecule has 0 heterocycles. The normalized spacial score (nSPS) is 11.0. The van der Waals surface area contributed by atoms with Gasteiger partial charge in [-0.3, -0.25) is 0 Å². The Morgan fingerprint density at radius 1 is 0.154 bits per heavy atom. The van der Waals surface area contributed by atoms with E-state index in [4.69, 9.17) is 0 Å². The van der Waals surface area contributed by atoms with Crippen LogP contribution in [0.5, 0.6) is 0 Å². The summed E-state index contributed by atoms with van der Waals surface area (Å²) >= 11 is 0. The molecule has 123 heavy (non-hydrogen) atoms. The Kier molecular flexibility index (Phi) is 36.9. The second-order valence-corrected chi connectivity index (χ2v) is 33.4. The topological polar surface area (TPSA) is 0 Å². The number of benzene rings is 16. The van der Waals surface area contributed by atoms with Crippen molar-refractivity contribution >= 4 is 28.8 Å². The number of hydrogen-bond donors (Lipinski definition) is 0. The standard InChI is InChI=1S/C29H24.C28H24.C25H20.C24H20Si.8C2H6/c1-17-5-9-21-22-10-6-18(2)14-26(22)29(25(21)13-17)27-15-19(3)7-11-23(27)24-12-8-20(4)16-28(24)29;1-17-5-9-21-22-10-6-19(3)15-27(22)28-16-20(4)8-12-24(28)23-11-7-18(2)14-26(23)25(21)13-17;2*1-5-13-21(14-6-1)25(22-15-7-2-8-16-22,23-17-9-3-10-18-23)24-19-11-4-12-20-24;8*1-2/h5-16H,1-4H3;5-16H,1-4H3;2*1-20H;8*1-2H3. The first-order valence-corrected chi connectivity index (χ1v) is 47.7. The Balaban J connectivity index is 0.000000193. The highest BCUT2D eigenvalue weighted by Gasteiger charge is 2.52. The maximum Gasteiger partial charge on any atom is 0.179 e. The summed E-state index contributed by atoms with van der Waals surface area (Å²) in [5.74, 6) is 0. The minimum absolute atomic E-state index is 0.217. The van der Waals surface area contributed by atoms with Crippen LogP contribution >= 0.6 is 0 Å². The Morgan fingerprint density at radius 3 is 0.472 bits per heavy atom. The van der Waals surface area contributed by atoms with Crippen LogP contribution in [0.3, 0.4) is 0 Å². The van der Waals surface area contributed by atoms with Crippen LogP contribution in [0.4, 0.5) is 0 Å². The molecule has 1 heteroatoms. The van der Waals surface area contributed by atoms with E-state index in [1.165, 1.54) is 177 Å². The Hall–Kier alpha value is -12.3. The van der Waals surface area contributed by atoms with E-state index in [1.807, 2.05) is 111 Å². The maximum absolute atomic E-state index is 2.42. The molecule has 3 aliphatic rings. The van der Waals surface area contributed by atoms with E-state index >= 15 is 0 Å². The van der Waals surface area contributed by atoms with Crippen molar-refractivity contribution in [1.82, 2.24) is 0 Å². The van der Waals surface area contributed by atoms with Crippen LogP contribution in [0.1, 0.15) is 200 Å². The summed E-state index contributed by atoms with van der Waals surface area (Å²) in [5, 5.41) is 5.66. The molecular weight excluding hydrogens is 1490 g/mol. The van der Waals surface area contributed by atoms with Gasteiger partial charge in [0.2, 0.25) is 0 Å². The Bertz CT molecular complexity index is 4970. The Morgan fingerprint density at radius 2 is 0.301 bits per heavy atom. The van der Waals surface area contributed by atoms with Crippen LogP contribution in [0.25, 0.3) is 66.8 Å². The molecule has 628 valence electrons. The van der Waals surface area contributed by atoms with Crippen LogP contribution in [0, 0.1) is 55.4 Å². The molecule has 0 radical (unpaired) electrons. The lowest BCUT2D eigenvalue weighted by molar-refractivity contribution is 0.745. The van der Waals surface area contributed by atoms with Crippen LogP contribution in [0.2, 0.25) is 0 Å². The van der Waals surface area contributed by atoms with E-state index in [0.29, 0.717) is 0 Å². The van der Waals surface area contributed by atoms with Crippen molar-refractivity contribution in [2.75, 3.05) is 0 Å². The monoisotopic (exact) mass is 1630 g/mol. The molecule has 0 aliphatic heterocycles. The third kappa shape index (κ3) is 20.1. The molecule has 0 unspecified atom stereocenters. The summed E-state index contributed by atoms with van der Waals surface area (Å²) in [6.45, 7) is 49.6. The minimum atomic E-state index is -2.30. The average molecular weight is 1630 g/mol. The first kappa shape index (κ1) is 96.2. The summed E-state index contributed by atoms with van der Waals surface area (Å²) in [4.78, 5) is 0. The summed E-state index contributed by atoms with van der Waals surface area (Å²) < 4.78 is 0. The average Bonchev–Trinajstić information content (AvgIpc) is 1.51. The quantitative estimate of drug-likeness (QED) is 0.105. The van der Waals surface area contributed by atoms with Gasteiger partial charge in [0.15, 0.2) is 8.07 Å². The maximum atomic E-state index is 2.42. The van der Waals surface area contributed by atoms with Crippen molar-refractivity contribution in [1.29, 1.82) is 0 Å². The highest BCUT2D eigenvalue weighted by molar-refractivity contribution is 7.19. The first-order chi connectivity index (χ1) is 60.3. The largest absolute Gasteiger partial charge is 0.179 e. The lowest BCUT2D eigenvalue weighted by Crippen LogP contribution is -2.74. The summed E-state index contributed by atoms with van der Waals surface area (Å²) in [5.41, 5.74) is 36.9. The van der Waals surface area contributed by atoms with Gasteiger partial charge in [0.05, 0.1) is 10.8 Å². The SMILES string of the molecule is CC.CC.CC.CC.CC.CC.CC.CC.Cc1ccc2c(c1)-c1cc(C)ccc1-c1ccc(C)cc1-c1cc(C)ccc1-2.Cc1ccc2c(c1)C1(c3cc(C)ccc3-2)c2cc(C)ccc2-c2ccc(C)cc21.c1ccc(C(c2ccccc2)(c2ccccc2)c2ccccc2)cc1.c1ccc([Si](c2ccccc2)(c2ccccc2)c2ccccc2)cc1. The predicted octanol–water partition coefficient (Wildman–Crippen LogP) is 32.5. The molecule has 1 spiro atoms. The fraction of sp³-hybridized carbons (Fsp3) is 0.213. The van der Waals surface area contributed by atoms with Gasteiger partial charge in [0, 0.05) is 0 Å². The fourth-order valence-corrected chi connectivity index (χ4v) is 22.4. The van der Waals surface area contributed by atoms with E-state index < -0.39 is 8.07 Å². The second kappa shape index (κ2) is 47.2. The van der Waals surface area contributed by atoms with Crippen molar-refractivity contribution in [3.63, 3.8) is 0 Å². The molecule has 3 aliphatic carbocycles. The molecule has 16 aromatic carbocycles. The van der Waals surface area contributed by atoms with Crippen molar-refractivity contribution < 1.29 is 0 Å². The van der Waals surface area contributed by atoms with Gasteiger partial charge in [0.1, 0.15) is 0 Å². The fourth-order valence-electron chi connectivity index (χ4n) is 17.7. The van der Waals surface area contributed by atoms with E-state index in [9.17, 15) is 0 Å². The summed E-state index contributed by atoms with van der Waals surface area (Å²) in [6.07, 6.45) is 0. The highest BCUT2D eigenvalue weighted by Crippen LogP contribution is 2.63. The van der Waals surface area contributed by atoms with Gasteiger partial charge < -0.3 is 0 Å². The minimum Gasteiger partial charge on any atom is -0.0683 e. The van der Waals surface area contributed by atoms with Crippen molar-refractivity contribution in [3.05, 3.63) is 477 Å². The van der Waals surface area contributed by atoms with Gasteiger partial charge in [-0.1, -0.05) is 544 Å². The molecular formula is C122H136Si. The second-order valence-electron chi connectivity index (χ2n) is 29.6. The molecule has 0 fully saturated rings. The zero-order chi connectivity index (χ0) is 89.2. The lowest BCUT2D eigenvalue weighted by atomic mass is 9.65. The molecule has 0 saturated carbocycles. The van der Waals surface area contributed by atoms with E-state index in [-0.39, 0.29) is 10.8 Å². The third-order valence-corrected chi connectivity index (χ3v) is 27.2. The van der Waals surface area contributed by atoms with Crippen molar-refractivity contribution in [2.24, 2.45) is 0 Å². The summed E-state index contributed by atoms with van der Waals surface area (Å²) in [7, 11) is -2.30. The molecule has 0 bridgehead atoms. The van der Waals surface area contributed by atoms with E-state index in [0.717, 1.165) is 0 Å². The van der Waals surface area contributed by atoms with Crippen molar-refractivity contribution in [2.45, 2.75) is 177 Å². The number of rotatable bonds is 8. The van der Waals surface area contributed by atoms with Gasteiger partial charge in [-0.05, 0) is 187 Å². The van der Waals surface area contributed by atoms with E-state index in [2.05, 4.69) is 444 Å². The summed E-state index contributed by atoms with van der Waals surface area (Å²) in [6, 6.07) is 143. The van der Waals surface area contributed by atoms with Crippen LogP contribution in [0.15, 0.2) is 388 Å². The van der Waals surface area contributed by atoms with Crippen LogP contribution < -0.4 is 20.7 Å². The van der Waals surface area contributed by atoms with Gasteiger partial charge in [-0.15, -0.1) is 0 Å². The van der Waals surface area contributed by atoms with E-state index in [1.54, 1.807) is 0 Å². The molecule has 0 saturated heterocycles. The van der Waals surface area contributed by atoms with Gasteiger partial charge in [0.25, 0.3) is 0 Å². The molecule has 19 rings (SSSR count). The molecule has 0 aromatic heterocycles. The number of fused-ring (bicyclic) bond motifs is 18. The van der Waals surface area contributed by atoms with Gasteiger partial charge in [-0.2, -0.15) is 0 Å². The molecule has 0 atom stereocenters. The lowest BCUT2D eigenvalue weighted by Gasteiger charge is -2.36. The molecule has 0 amide bonds. The Labute approximate surface area is 744 Å². The van der Waals surface area contributed by atoms with Crippen molar-refractivity contribution in [3.8, 4) is 66.8 Å². The molecule has 0 N–H and O–H groups in total. The highest BCUT2D eigenvalue weighted by atomic mass is 28.3. The van der Waals surface area contributed by atoms with Crippen LogP contribution in [-0.2, 0) is 10.8 Å². The van der Waals surface area contributed by atoms with Gasteiger partial charge in [-0.25, -0.2) is 0 Å². The number of hydrogen-bond acceptors (Lipinski definition) is 0. The zero-order valence-corrected chi connectivity index (χ0v) is 79.5. The number of aryl methyl sites for hydroxylation is 8. The molecule has 0 nitrogen and oxygen atoms in total. The smallest absolute Gasteiger partial charge is 0.0683 e. The zero-order valence-electron chi connectivity index (χ0n) is 78.5. The predicted molar refractivity (Wildman–Crippen MR) is 548 cm³/mol. The van der Waals surface area contributed by atoms with Crippen LogP contribution in [-0.4, -0.2) is 8.07 Å². The van der Waals surface area contributed by atoms with Gasteiger partial charge >= 0.3 is 0 Å². The third-order valence-electron chi connectivity index (χ3n) is 22.4.